The number of nitrogens with zero attached hydrogens (tertiary/aromatic N) is 2. The largest absolute Gasteiger partial charge is 0.325 e. The van der Waals surface area contributed by atoms with Crippen LogP contribution >= 0.6 is 11.8 Å². The third-order valence-corrected chi connectivity index (χ3v) is 3.97. The summed E-state index contributed by atoms with van der Waals surface area (Å²) in [6.45, 7) is 2.52. The molecule has 0 spiro atoms. The van der Waals surface area contributed by atoms with Crippen molar-refractivity contribution in [3.63, 3.8) is 0 Å². The maximum atomic E-state index is 5.62. The zero-order chi connectivity index (χ0) is 10.7. The lowest BCUT2D eigenvalue weighted by Crippen LogP contribution is -2.10. The van der Waals surface area contributed by atoms with Gasteiger partial charge in [-0.3, -0.25) is 0 Å². The molecule has 15 heavy (non-hydrogen) atoms. The first kappa shape index (κ1) is 10.9. The van der Waals surface area contributed by atoms with E-state index in [1.807, 2.05) is 24.8 Å². The molecule has 2 N–H and O–H groups in total. The van der Waals surface area contributed by atoms with Crippen molar-refractivity contribution in [2.24, 2.45) is 5.73 Å². The molecule has 3 nitrogen and oxygen atoms in total. The number of hydrogen-bond donors (Lipinski definition) is 1. The van der Waals surface area contributed by atoms with Gasteiger partial charge in [0.25, 0.3) is 0 Å². The molecular weight excluding hydrogens is 206 g/mol. The lowest BCUT2D eigenvalue weighted by Gasteiger charge is -2.20. The minimum absolute atomic E-state index is 0.490. The first-order valence-electron chi connectivity index (χ1n) is 5.45. The van der Waals surface area contributed by atoms with Crippen molar-refractivity contribution in [2.45, 2.75) is 38.0 Å². The summed E-state index contributed by atoms with van der Waals surface area (Å²) < 4.78 is 0. The minimum atomic E-state index is 0.490. The fraction of sp³-hybridized carbons (Fsp3) is 0.636. The highest BCUT2D eigenvalue weighted by Gasteiger charge is 2.19. The van der Waals surface area contributed by atoms with E-state index in [1.54, 1.807) is 0 Å². The van der Waals surface area contributed by atoms with Crippen molar-refractivity contribution in [1.82, 2.24) is 9.97 Å². The number of aryl methyl sites for hydroxylation is 1. The fourth-order valence-corrected chi connectivity index (χ4v) is 3.09. The summed E-state index contributed by atoms with van der Waals surface area (Å²) in [5.74, 6) is 2.22. The molecule has 0 bridgehead atoms. The van der Waals surface area contributed by atoms with E-state index >= 15 is 0 Å². The van der Waals surface area contributed by atoms with E-state index < -0.39 is 0 Å². The van der Waals surface area contributed by atoms with E-state index in [4.69, 9.17) is 5.73 Å². The fourth-order valence-electron chi connectivity index (χ4n) is 1.85. The molecular formula is C11H17N3S. The molecule has 2 heterocycles. The highest BCUT2D eigenvalue weighted by atomic mass is 32.2. The average Bonchev–Trinajstić information content (AvgIpc) is 2.29. The Balaban J connectivity index is 2.22. The van der Waals surface area contributed by atoms with Gasteiger partial charge in [-0.05, 0) is 31.6 Å². The van der Waals surface area contributed by atoms with Gasteiger partial charge in [0.2, 0.25) is 0 Å². The highest BCUT2D eigenvalue weighted by molar-refractivity contribution is 7.99. The molecule has 0 aromatic carbocycles. The van der Waals surface area contributed by atoms with Crippen LogP contribution in [-0.2, 0) is 6.54 Å². The lowest BCUT2D eigenvalue weighted by molar-refractivity contribution is 0.656. The Bertz CT molecular complexity index is 335. The van der Waals surface area contributed by atoms with Gasteiger partial charge in [-0.15, -0.1) is 0 Å². The predicted molar refractivity (Wildman–Crippen MR) is 63.7 cm³/mol. The summed E-state index contributed by atoms with van der Waals surface area (Å²) in [5.41, 5.74) is 7.62. The molecule has 4 heteroatoms. The second-order valence-electron chi connectivity index (χ2n) is 3.92. The minimum Gasteiger partial charge on any atom is -0.325 e. The Hall–Kier alpha value is -0.610. The lowest BCUT2D eigenvalue weighted by atomic mass is 10.1. The number of nitrogens with two attached hydrogens (primary N) is 1. The molecule has 1 aliphatic rings. The Labute approximate surface area is 94.9 Å². The number of hydrogen-bond acceptors (Lipinski definition) is 4. The number of aromatic nitrogens is 2. The van der Waals surface area contributed by atoms with E-state index in [9.17, 15) is 0 Å². The molecule has 1 aromatic rings. The van der Waals surface area contributed by atoms with Gasteiger partial charge in [-0.25, -0.2) is 9.97 Å². The monoisotopic (exact) mass is 223 g/mol. The summed E-state index contributed by atoms with van der Waals surface area (Å²) >= 11 is 1.98. The zero-order valence-electron chi connectivity index (χ0n) is 9.07. The second-order valence-corrected chi connectivity index (χ2v) is 5.23. The van der Waals surface area contributed by atoms with E-state index in [1.165, 1.54) is 25.0 Å². The van der Waals surface area contributed by atoms with E-state index in [0.717, 1.165) is 17.2 Å². The predicted octanol–water partition coefficient (Wildman–Crippen LogP) is 2.20. The highest BCUT2D eigenvalue weighted by Crippen LogP contribution is 2.36. The molecule has 1 saturated heterocycles. The number of thioether (sulfide) groups is 1. The van der Waals surface area contributed by atoms with Crippen molar-refractivity contribution >= 4 is 11.8 Å². The maximum Gasteiger partial charge on any atom is 0.141 e. The average molecular weight is 223 g/mol. The van der Waals surface area contributed by atoms with Crippen LogP contribution in [-0.4, -0.2) is 15.7 Å². The summed E-state index contributed by atoms with van der Waals surface area (Å²) in [6, 6.07) is 1.97. The zero-order valence-corrected chi connectivity index (χ0v) is 9.89. The molecule has 2 rings (SSSR count). The summed E-state index contributed by atoms with van der Waals surface area (Å²) in [6.07, 6.45) is 3.84. The quantitative estimate of drug-likeness (QED) is 0.835. The van der Waals surface area contributed by atoms with Crippen LogP contribution in [0.1, 0.15) is 41.7 Å². The first-order chi connectivity index (χ1) is 7.29. The Morgan fingerprint density at radius 3 is 3.00 bits per heavy atom. The smallest absolute Gasteiger partial charge is 0.141 e. The van der Waals surface area contributed by atoms with Gasteiger partial charge in [0.15, 0.2) is 0 Å². The van der Waals surface area contributed by atoms with Crippen molar-refractivity contribution in [1.29, 1.82) is 0 Å². The second kappa shape index (κ2) is 4.94. The van der Waals surface area contributed by atoms with Crippen LogP contribution in [0, 0.1) is 6.92 Å². The summed E-state index contributed by atoms with van der Waals surface area (Å²) in [4.78, 5) is 9.04. The van der Waals surface area contributed by atoms with Crippen LogP contribution in [0.25, 0.3) is 0 Å². The molecule has 1 atom stereocenters. The molecule has 0 aliphatic carbocycles. The van der Waals surface area contributed by atoms with Crippen LogP contribution in [0.5, 0.6) is 0 Å². The number of rotatable bonds is 2. The Morgan fingerprint density at radius 2 is 2.33 bits per heavy atom. The molecule has 1 fully saturated rings. The molecule has 0 saturated carbocycles. The van der Waals surface area contributed by atoms with Gasteiger partial charge >= 0.3 is 0 Å². The Morgan fingerprint density at radius 1 is 1.47 bits per heavy atom. The summed E-state index contributed by atoms with van der Waals surface area (Å²) in [7, 11) is 0. The topological polar surface area (TPSA) is 51.8 Å². The van der Waals surface area contributed by atoms with Gasteiger partial charge in [0.1, 0.15) is 5.82 Å². The molecule has 1 unspecified atom stereocenters. The van der Waals surface area contributed by atoms with E-state index in [2.05, 4.69) is 9.97 Å². The maximum absolute atomic E-state index is 5.62. The van der Waals surface area contributed by atoms with Gasteiger partial charge in [-0.2, -0.15) is 11.8 Å². The van der Waals surface area contributed by atoms with Crippen LogP contribution in [0.15, 0.2) is 6.07 Å². The van der Waals surface area contributed by atoms with Crippen molar-refractivity contribution < 1.29 is 0 Å². The summed E-state index contributed by atoms with van der Waals surface area (Å²) in [5, 5.41) is 0.490. The van der Waals surface area contributed by atoms with Crippen LogP contribution in [0.2, 0.25) is 0 Å². The van der Waals surface area contributed by atoms with E-state index in [0.29, 0.717) is 11.8 Å². The molecule has 1 aliphatic heterocycles. The normalized spacial score (nSPS) is 21.6. The standard InChI is InChI=1S/C11H17N3S/c1-8-6-9(7-12)14-11(13-8)10-4-2-3-5-15-10/h6,10H,2-5,7,12H2,1H3. The molecule has 82 valence electrons. The third kappa shape index (κ3) is 2.69. The Kier molecular flexibility index (Phi) is 3.59. The van der Waals surface area contributed by atoms with Crippen LogP contribution < -0.4 is 5.73 Å². The third-order valence-electron chi connectivity index (χ3n) is 2.60. The first-order valence-corrected chi connectivity index (χ1v) is 6.50. The van der Waals surface area contributed by atoms with Gasteiger partial charge < -0.3 is 5.73 Å². The van der Waals surface area contributed by atoms with Crippen LogP contribution in [0.4, 0.5) is 0 Å². The van der Waals surface area contributed by atoms with Crippen LogP contribution in [0.3, 0.4) is 0 Å². The van der Waals surface area contributed by atoms with Gasteiger partial charge in [0.05, 0.1) is 10.9 Å². The molecule has 1 aromatic heterocycles. The van der Waals surface area contributed by atoms with Gasteiger partial charge in [-0.1, -0.05) is 6.42 Å². The van der Waals surface area contributed by atoms with Crippen molar-refractivity contribution in [2.75, 3.05) is 5.75 Å². The van der Waals surface area contributed by atoms with Crippen molar-refractivity contribution in [3.05, 3.63) is 23.3 Å². The molecule has 0 radical (unpaired) electrons. The van der Waals surface area contributed by atoms with E-state index in [-0.39, 0.29) is 0 Å². The molecule has 0 amide bonds. The SMILES string of the molecule is Cc1cc(CN)nc(C2CCCCS2)n1. The van der Waals surface area contributed by atoms with Crippen molar-refractivity contribution in [3.8, 4) is 0 Å². The van der Waals surface area contributed by atoms with Gasteiger partial charge in [0, 0.05) is 12.2 Å².